The third kappa shape index (κ3) is 6.86. The molecule has 1 aromatic carbocycles. The Morgan fingerprint density at radius 2 is 2.04 bits per heavy atom. The lowest BCUT2D eigenvalue weighted by atomic mass is 10.1. The predicted octanol–water partition coefficient (Wildman–Crippen LogP) is 4.59. The summed E-state index contributed by atoms with van der Waals surface area (Å²) in [5, 5.41) is 5.46. The number of hydrogen-bond donors (Lipinski definition) is 2. The molecule has 2 N–H and O–H groups in total. The molecule has 0 fully saturated rings. The molecule has 0 saturated carbocycles. The zero-order valence-electron chi connectivity index (χ0n) is 14.9. The molecule has 0 aliphatic rings. The predicted molar refractivity (Wildman–Crippen MR) is 110 cm³/mol. The molecule has 0 spiro atoms. The molecule has 1 aromatic heterocycles. The number of alkyl halides is 3. The summed E-state index contributed by atoms with van der Waals surface area (Å²) in [4.78, 5) is 27.5. The van der Waals surface area contributed by atoms with Crippen molar-refractivity contribution >= 4 is 51.8 Å². The standard InChI is InChI=1S/C18H17ClF2IN3O3/c1-10(12-3-4-15(14(19)7-12)28-9-18(20,21)22)24-17(27)13-5-6-23-16(8-13)25-11(2)26/h3-8,10H,9H2,1-2H3,(H,24,27)(H,23,25,26). The van der Waals surface area contributed by atoms with Gasteiger partial charge in [-0.05, 0) is 36.8 Å². The van der Waals surface area contributed by atoms with Gasteiger partial charge in [-0.15, -0.1) is 0 Å². The summed E-state index contributed by atoms with van der Waals surface area (Å²) < 4.78 is 27.8. The highest BCUT2D eigenvalue weighted by molar-refractivity contribution is 14.1. The van der Waals surface area contributed by atoms with E-state index < -0.39 is 16.6 Å². The third-order valence-electron chi connectivity index (χ3n) is 3.52. The Morgan fingerprint density at radius 3 is 2.64 bits per heavy atom. The summed E-state index contributed by atoms with van der Waals surface area (Å²) >= 11 is 7.07. The van der Waals surface area contributed by atoms with Gasteiger partial charge in [0.15, 0.2) is 6.61 Å². The molecule has 2 aromatic rings. The molecule has 1 heterocycles. The van der Waals surface area contributed by atoms with Crippen LogP contribution in [-0.2, 0) is 4.79 Å². The maximum absolute atomic E-state index is 12.9. The highest BCUT2D eigenvalue weighted by Crippen LogP contribution is 2.30. The quantitative estimate of drug-likeness (QED) is 0.411. The molecular formula is C18H17ClF2IN3O3. The Kier molecular flexibility index (Phi) is 7.53. The van der Waals surface area contributed by atoms with Gasteiger partial charge in [0.2, 0.25) is 5.91 Å². The Labute approximate surface area is 179 Å². The maximum atomic E-state index is 12.9. The summed E-state index contributed by atoms with van der Waals surface area (Å²) in [5.74, 6) is -0.267. The monoisotopic (exact) mass is 523 g/mol. The van der Waals surface area contributed by atoms with Crippen LogP contribution >= 0.6 is 34.2 Å². The number of ether oxygens (including phenoxy) is 1. The van der Waals surface area contributed by atoms with Gasteiger partial charge in [0.05, 0.1) is 11.1 Å². The smallest absolute Gasteiger partial charge is 0.329 e. The Balaban J connectivity index is 2.06. The van der Waals surface area contributed by atoms with Gasteiger partial charge in [-0.25, -0.2) is 4.98 Å². The molecule has 28 heavy (non-hydrogen) atoms. The number of pyridine rings is 1. The topological polar surface area (TPSA) is 80.3 Å². The number of benzene rings is 1. The molecule has 0 radical (unpaired) electrons. The lowest BCUT2D eigenvalue weighted by Crippen LogP contribution is -2.27. The number of carbonyl (C=O) groups excluding carboxylic acids is 2. The first-order valence-electron chi connectivity index (χ1n) is 8.08. The lowest BCUT2D eigenvalue weighted by molar-refractivity contribution is -0.114. The van der Waals surface area contributed by atoms with E-state index in [2.05, 4.69) is 15.6 Å². The van der Waals surface area contributed by atoms with Gasteiger partial charge in [0, 0.05) is 41.3 Å². The molecule has 10 heteroatoms. The SMILES string of the molecule is CC(=O)Nc1cc(C(=O)NC(C)c2ccc(OCC(F)(F)I)c(Cl)c2)ccn1. The number of rotatable bonds is 7. The molecule has 0 bridgehead atoms. The zero-order valence-corrected chi connectivity index (χ0v) is 17.8. The van der Waals surface area contributed by atoms with E-state index in [4.69, 9.17) is 16.3 Å². The van der Waals surface area contributed by atoms with E-state index in [0.29, 0.717) is 11.1 Å². The van der Waals surface area contributed by atoms with Crippen LogP contribution in [0, 0.1) is 0 Å². The van der Waals surface area contributed by atoms with Gasteiger partial charge in [-0.1, -0.05) is 17.7 Å². The Morgan fingerprint density at radius 1 is 1.32 bits per heavy atom. The third-order valence-corrected chi connectivity index (χ3v) is 4.13. The molecule has 1 atom stereocenters. The summed E-state index contributed by atoms with van der Waals surface area (Å²) in [6.07, 6.45) is 1.41. The molecule has 0 aliphatic heterocycles. The number of hydrogen-bond acceptors (Lipinski definition) is 4. The van der Waals surface area contributed by atoms with Crippen molar-refractivity contribution in [1.29, 1.82) is 0 Å². The summed E-state index contributed by atoms with van der Waals surface area (Å²) in [6.45, 7) is 2.30. The first-order chi connectivity index (χ1) is 13.0. The van der Waals surface area contributed by atoms with Crippen LogP contribution in [0.25, 0.3) is 0 Å². The van der Waals surface area contributed by atoms with Gasteiger partial charge in [0.1, 0.15) is 11.6 Å². The second kappa shape index (κ2) is 9.46. The van der Waals surface area contributed by atoms with Crippen LogP contribution < -0.4 is 15.4 Å². The van der Waals surface area contributed by atoms with Gasteiger partial charge in [-0.2, -0.15) is 8.78 Å². The number of nitrogens with one attached hydrogen (secondary N) is 2. The van der Waals surface area contributed by atoms with Crippen molar-refractivity contribution in [3.05, 3.63) is 52.7 Å². The molecular weight excluding hydrogens is 507 g/mol. The number of amides is 2. The summed E-state index contributed by atoms with van der Waals surface area (Å²) in [6, 6.07) is 7.21. The number of halogens is 4. The lowest BCUT2D eigenvalue weighted by Gasteiger charge is -2.17. The van der Waals surface area contributed by atoms with E-state index in [1.165, 1.54) is 31.3 Å². The first-order valence-corrected chi connectivity index (χ1v) is 9.54. The number of anilines is 1. The minimum absolute atomic E-state index is 0.134. The van der Waals surface area contributed by atoms with E-state index >= 15 is 0 Å². The van der Waals surface area contributed by atoms with Crippen molar-refractivity contribution in [2.24, 2.45) is 0 Å². The van der Waals surface area contributed by atoms with Crippen LogP contribution in [0.2, 0.25) is 5.02 Å². The van der Waals surface area contributed by atoms with Gasteiger partial charge < -0.3 is 15.4 Å². The van der Waals surface area contributed by atoms with Gasteiger partial charge >= 0.3 is 3.93 Å². The van der Waals surface area contributed by atoms with Crippen LogP contribution in [-0.4, -0.2) is 27.3 Å². The minimum atomic E-state index is -3.00. The van der Waals surface area contributed by atoms with Crippen molar-refractivity contribution < 1.29 is 23.1 Å². The van der Waals surface area contributed by atoms with Gasteiger partial charge in [-0.3, -0.25) is 9.59 Å². The molecule has 0 aliphatic carbocycles. The Hall–Kier alpha value is -2.01. The number of aromatic nitrogens is 1. The van der Waals surface area contributed by atoms with E-state index in [9.17, 15) is 18.4 Å². The average molecular weight is 524 g/mol. The van der Waals surface area contributed by atoms with Crippen molar-refractivity contribution in [2.45, 2.75) is 23.8 Å². The molecule has 1 unspecified atom stereocenters. The highest BCUT2D eigenvalue weighted by atomic mass is 127. The van der Waals surface area contributed by atoms with Crippen LogP contribution in [0.5, 0.6) is 5.75 Å². The van der Waals surface area contributed by atoms with Crippen molar-refractivity contribution in [2.75, 3.05) is 11.9 Å². The zero-order chi connectivity index (χ0) is 20.9. The Bertz CT molecular complexity index is 877. The van der Waals surface area contributed by atoms with E-state index in [1.807, 2.05) is 0 Å². The van der Waals surface area contributed by atoms with Crippen molar-refractivity contribution in [3.8, 4) is 5.75 Å². The largest absolute Gasteiger partial charge is 0.485 e. The summed E-state index contributed by atoms with van der Waals surface area (Å²) in [5.41, 5.74) is 0.990. The van der Waals surface area contributed by atoms with Crippen molar-refractivity contribution in [3.63, 3.8) is 0 Å². The van der Waals surface area contributed by atoms with Crippen LogP contribution in [0.1, 0.15) is 35.8 Å². The van der Waals surface area contributed by atoms with E-state index in [-0.39, 0.29) is 28.4 Å². The van der Waals surface area contributed by atoms with E-state index in [0.717, 1.165) is 22.6 Å². The fourth-order valence-electron chi connectivity index (χ4n) is 2.25. The average Bonchev–Trinajstić information content (AvgIpc) is 2.59. The highest BCUT2D eigenvalue weighted by Gasteiger charge is 2.25. The van der Waals surface area contributed by atoms with Crippen LogP contribution in [0.15, 0.2) is 36.5 Å². The molecule has 2 amide bonds. The fraction of sp³-hybridized carbons (Fsp3) is 0.278. The summed E-state index contributed by atoms with van der Waals surface area (Å²) in [7, 11) is 0. The van der Waals surface area contributed by atoms with Gasteiger partial charge in [0.25, 0.3) is 5.91 Å². The molecule has 0 saturated heterocycles. The van der Waals surface area contributed by atoms with Crippen LogP contribution in [0.4, 0.5) is 14.6 Å². The molecule has 2 rings (SSSR count). The second-order valence-electron chi connectivity index (χ2n) is 5.90. The van der Waals surface area contributed by atoms with Crippen LogP contribution in [0.3, 0.4) is 0 Å². The normalized spacial score (nSPS) is 12.2. The number of carbonyl (C=O) groups is 2. The maximum Gasteiger partial charge on any atom is 0.329 e. The minimum Gasteiger partial charge on any atom is -0.485 e. The second-order valence-corrected chi connectivity index (χ2v) is 7.89. The first kappa shape index (κ1) is 22.3. The molecule has 6 nitrogen and oxygen atoms in total. The molecule has 150 valence electrons. The van der Waals surface area contributed by atoms with E-state index in [1.54, 1.807) is 19.1 Å². The van der Waals surface area contributed by atoms with Crippen molar-refractivity contribution in [1.82, 2.24) is 10.3 Å². The number of nitrogens with zero attached hydrogens (tertiary/aromatic N) is 1. The fourth-order valence-corrected chi connectivity index (χ4v) is 2.65.